The summed E-state index contributed by atoms with van der Waals surface area (Å²) in [5, 5.41) is 0.667. The molecular formula is C11H9BrClNS. The highest BCUT2D eigenvalue weighted by molar-refractivity contribution is 9.10. The smallest absolute Gasteiger partial charge is 0.0508 e. The average Bonchev–Trinajstić information content (AvgIpc) is 2.45. The van der Waals surface area contributed by atoms with Crippen LogP contribution in [0.4, 0.5) is 5.69 Å². The number of thiophene rings is 1. The van der Waals surface area contributed by atoms with Gasteiger partial charge in [0, 0.05) is 25.6 Å². The molecule has 78 valence electrons. The molecule has 0 aliphatic rings. The molecule has 0 aliphatic carbocycles. The molecule has 2 aromatic rings. The normalized spacial score (nSPS) is 10.6. The van der Waals surface area contributed by atoms with Gasteiger partial charge in [0.2, 0.25) is 0 Å². The first-order chi connectivity index (χ1) is 7.08. The maximum absolute atomic E-state index is 5.93. The van der Waals surface area contributed by atoms with Crippen molar-refractivity contribution in [1.82, 2.24) is 0 Å². The van der Waals surface area contributed by atoms with E-state index in [2.05, 4.69) is 28.9 Å². The van der Waals surface area contributed by atoms with E-state index in [9.17, 15) is 0 Å². The first-order valence-electron chi connectivity index (χ1n) is 4.39. The van der Waals surface area contributed by atoms with E-state index in [0.29, 0.717) is 10.7 Å². The summed E-state index contributed by atoms with van der Waals surface area (Å²) in [5.41, 5.74) is 7.68. The zero-order valence-corrected chi connectivity index (χ0v) is 11.2. The highest BCUT2D eigenvalue weighted by Gasteiger charge is 2.10. The molecule has 0 atom stereocenters. The molecule has 0 fully saturated rings. The lowest BCUT2D eigenvalue weighted by atomic mass is 10.1. The number of benzene rings is 1. The Labute approximate surface area is 106 Å². The lowest BCUT2D eigenvalue weighted by Crippen LogP contribution is -1.88. The minimum absolute atomic E-state index is 0.667. The van der Waals surface area contributed by atoms with Crippen LogP contribution < -0.4 is 5.73 Å². The number of nitrogens with two attached hydrogens (primary N) is 1. The van der Waals surface area contributed by atoms with Crippen LogP contribution in [0.1, 0.15) is 4.88 Å². The van der Waals surface area contributed by atoms with Gasteiger partial charge < -0.3 is 5.73 Å². The van der Waals surface area contributed by atoms with Crippen molar-refractivity contribution in [2.45, 2.75) is 6.92 Å². The van der Waals surface area contributed by atoms with E-state index in [1.807, 2.05) is 12.1 Å². The Morgan fingerprint density at radius 2 is 2.07 bits per heavy atom. The molecule has 0 radical (unpaired) electrons. The maximum Gasteiger partial charge on any atom is 0.0508 e. The maximum atomic E-state index is 5.93. The lowest BCUT2D eigenvalue weighted by molar-refractivity contribution is 1.61. The van der Waals surface area contributed by atoms with Crippen LogP contribution >= 0.6 is 38.9 Å². The van der Waals surface area contributed by atoms with Gasteiger partial charge in [0.05, 0.1) is 4.88 Å². The number of nitrogen functional groups attached to an aromatic ring is 1. The second kappa shape index (κ2) is 4.16. The molecule has 0 amide bonds. The summed E-state index contributed by atoms with van der Waals surface area (Å²) < 4.78 is 1.08. The number of hydrogen-bond donors (Lipinski definition) is 1. The second-order valence-electron chi connectivity index (χ2n) is 3.27. The summed E-state index contributed by atoms with van der Waals surface area (Å²) in [6, 6.07) is 7.68. The molecule has 0 bridgehead atoms. The molecule has 0 aliphatic heterocycles. The molecule has 1 aromatic heterocycles. The summed E-state index contributed by atoms with van der Waals surface area (Å²) in [6.07, 6.45) is 0. The van der Waals surface area contributed by atoms with Crippen molar-refractivity contribution < 1.29 is 0 Å². The van der Waals surface area contributed by atoms with E-state index in [0.717, 1.165) is 14.9 Å². The Kier molecular flexibility index (Phi) is 3.05. The monoisotopic (exact) mass is 301 g/mol. The number of aryl methyl sites for hydroxylation is 1. The van der Waals surface area contributed by atoms with Gasteiger partial charge in [-0.3, -0.25) is 0 Å². The Morgan fingerprint density at radius 3 is 2.60 bits per heavy atom. The highest BCUT2D eigenvalue weighted by Crippen LogP contribution is 2.39. The van der Waals surface area contributed by atoms with E-state index in [-0.39, 0.29) is 0 Å². The van der Waals surface area contributed by atoms with Gasteiger partial charge in [0.15, 0.2) is 0 Å². The highest BCUT2D eigenvalue weighted by atomic mass is 79.9. The zero-order chi connectivity index (χ0) is 11.0. The third-order valence-electron chi connectivity index (χ3n) is 2.07. The predicted molar refractivity (Wildman–Crippen MR) is 71.6 cm³/mol. The van der Waals surface area contributed by atoms with E-state index < -0.39 is 0 Å². The van der Waals surface area contributed by atoms with Gasteiger partial charge in [0.25, 0.3) is 0 Å². The molecule has 15 heavy (non-hydrogen) atoms. The van der Waals surface area contributed by atoms with Crippen LogP contribution in [0.2, 0.25) is 5.02 Å². The van der Waals surface area contributed by atoms with Crippen LogP contribution in [0.3, 0.4) is 0 Å². The number of anilines is 1. The molecule has 4 heteroatoms. The molecule has 1 heterocycles. The largest absolute Gasteiger partial charge is 0.398 e. The predicted octanol–water partition coefficient (Wildman–Crippen LogP) is 4.72. The lowest BCUT2D eigenvalue weighted by Gasteiger charge is -2.04. The van der Waals surface area contributed by atoms with Crippen molar-refractivity contribution in [2.24, 2.45) is 0 Å². The fourth-order valence-electron chi connectivity index (χ4n) is 1.41. The van der Waals surface area contributed by atoms with Crippen molar-refractivity contribution in [1.29, 1.82) is 0 Å². The van der Waals surface area contributed by atoms with Crippen LogP contribution in [0.15, 0.2) is 28.7 Å². The van der Waals surface area contributed by atoms with Crippen LogP contribution in [-0.4, -0.2) is 0 Å². The standard InChI is InChI=1S/C11H9BrClNS/c1-6-4-9(12)11(15-6)8-3-2-7(13)5-10(8)14/h2-5H,14H2,1H3. The Bertz CT molecular complexity index is 507. The fourth-order valence-corrected chi connectivity index (χ4v) is 3.49. The first kappa shape index (κ1) is 11.0. The van der Waals surface area contributed by atoms with Gasteiger partial charge in [-0.1, -0.05) is 11.6 Å². The molecule has 0 saturated heterocycles. The summed E-state index contributed by atoms with van der Waals surface area (Å²) in [6.45, 7) is 2.07. The van der Waals surface area contributed by atoms with Crippen LogP contribution in [0.5, 0.6) is 0 Å². The van der Waals surface area contributed by atoms with Gasteiger partial charge >= 0.3 is 0 Å². The molecule has 1 aromatic carbocycles. The molecule has 0 saturated carbocycles. The van der Waals surface area contributed by atoms with Crippen LogP contribution in [0, 0.1) is 6.92 Å². The number of rotatable bonds is 1. The number of hydrogen-bond acceptors (Lipinski definition) is 2. The molecule has 1 nitrogen and oxygen atoms in total. The fraction of sp³-hybridized carbons (Fsp3) is 0.0909. The molecule has 2 rings (SSSR count). The Hall–Kier alpha value is -0.510. The van der Waals surface area contributed by atoms with Crippen molar-refractivity contribution in [3.05, 3.63) is 38.6 Å². The summed E-state index contributed by atoms with van der Waals surface area (Å²) in [7, 11) is 0. The van der Waals surface area contributed by atoms with E-state index >= 15 is 0 Å². The second-order valence-corrected chi connectivity index (χ2v) is 5.81. The van der Waals surface area contributed by atoms with Crippen molar-refractivity contribution in [3.63, 3.8) is 0 Å². The molecular weight excluding hydrogens is 294 g/mol. The van der Waals surface area contributed by atoms with Crippen molar-refractivity contribution in [2.75, 3.05) is 5.73 Å². The zero-order valence-electron chi connectivity index (χ0n) is 8.05. The Morgan fingerprint density at radius 1 is 1.33 bits per heavy atom. The average molecular weight is 303 g/mol. The quantitative estimate of drug-likeness (QED) is 0.758. The van der Waals surface area contributed by atoms with Gasteiger partial charge in [0.1, 0.15) is 0 Å². The molecule has 0 spiro atoms. The van der Waals surface area contributed by atoms with Crippen LogP contribution in [-0.2, 0) is 0 Å². The molecule has 0 unspecified atom stereocenters. The van der Waals surface area contributed by atoms with E-state index in [1.165, 1.54) is 4.88 Å². The topological polar surface area (TPSA) is 26.0 Å². The summed E-state index contributed by atoms with van der Waals surface area (Å²) in [4.78, 5) is 2.41. The third kappa shape index (κ3) is 2.19. The molecule has 2 N–H and O–H groups in total. The Balaban J connectivity index is 2.59. The van der Waals surface area contributed by atoms with Crippen molar-refractivity contribution in [3.8, 4) is 10.4 Å². The van der Waals surface area contributed by atoms with Gasteiger partial charge in [-0.25, -0.2) is 0 Å². The van der Waals surface area contributed by atoms with E-state index in [1.54, 1.807) is 17.4 Å². The SMILES string of the molecule is Cc1cc(Br)c(-c2ccc(Cl)cc2N)s1. The summed E-state index contributed by atoms with van der Waals surface area (Å²) in [5.74, 6) is 0. The van der Waals surface area contributed by atoms with Crippen molar-refractivity contribution >= 4 is 44.6 Å². The van der Waals surface area contributed by atoms with Gasteiger partial charge in [-0.05, 0) is 47.1 Å². The van der Waals surface area contributed by atoms with Crippen LogP contribution in [0.25, 0.3) is 10.4 Å². The third-order valence-corrected chi connectivity index (χ3v) is 4.27. The van der Waals surface area contributed by atoms with Gasteiger partial charge in [-0.15, -0.1) is 11.3 Å². The minimum Gasteiger partial charge on any atom is -0.398 e. The minimum atomic E-state index is 0.667. The van der Waals surface area contributed by atoms with E-state index in [4.69, 9.17) is 17.3 Å². The summed E-state index contributed by atoms with van der Waals surface area (Å²) >= 11 is 11.1. The van der Waals surface area contributed by atoms with Gasteiger partial charge in [-0.2, -0.15) is 0 Å². The first-order valence-corrected chi connectivity index (χ1v) is 6.38. The number of halogens is 2.